The van der Waals surface area contributed by atoms with E-state index in [1.165, 1.54) is 24.3 Å². The van der Waals surface area contributed by atoms with Crippen LogP contribution in [0, 0.1) is 0 Å². The van der Waals surface area contributed by atoms with Crippen LogP contribution in [0.4, 0.5) is 13.2 Å². The fraction of sp³-hybridized carbons (Fsp3) is 0.455. The van der Waals surface area contributed by atoms with Crippen LogP contribution in [0.3, 0.4) is 0 Å². The van der Waals surface area contributed by atoms with Crippen LogP contribution in [0.5, 0.6) is 5.75 Å². The van der Waals surface area contributed by atoms with Crippen LogP contribution in [-0.2, 0) is 0 Å². The number of hydrogen-bond donors (Lipinski definition) is 1. The van der Waals surface area contributed by atoms with E-state index in [9.17, 15) is 13.2 Å². The van der Waals surface area contributed by atoms with Crippen LogP contribution >= 0.6 is 12.4 Å². The van der Waals surface area contributed by atoms with Gasteiger partial charge in [-0.2, -0.15) is 13.2 Å². The first-order chi connectivity index (χ1) is 7.45. The summed E-state index contributed by atoms with van der Waals surface area (Å²) in [6.07, 6.45) is -3.56. The van der Waals surface area contributed by atoms with Crippen LogP contribution < -0.4 is 10.5 Å². The Morgan fingerprint density at radius 1 is 1.24 bits per heavy atom. The molecule has 17 heavy (non-hydrogen) atoms. The molecule has 0 amide bonds. The minimum atomic E-state index is -4.41. The molecule has 1 aromatic carbocycles. The molecule has 0 aliphatic heterocycles. The first kappa shape index (κ1) is 16.1. The maximum Gasteiger partial charge on any atom is 0.407 e. The third kappa shape index (κ3) is 4.83. The minimum Gasteiger partial charge on any atom is -0.494 e. The highest BCUT2D eigenvalue weighted by Gasteiger charge is 2.37. The molecule has 2 N–H and O–H groups in total. The zero-order valence-corrected chi connectivity index (χ0v) is 10.1. The van der Waals surface area contributed by atoms with Gasteiger partial charge in [-0.3, -0.25) is 0 Å². The van der Waals surface area contributed by atoms with Gasteiger partial charge in [0.15, 0.2) is 0 Å². The lowest BCUT2D eigenvalue weighted by Crippen LogP contribution is -2.28. The molecular formula is C11H15ClF3NO. The summed E-state index contributed by atoms with van der Waals surface area (Å²) in [6.45, 7) is 2.50. The molecule has 98 valence electrons. The average molecular weight is 270 g/mol. The summed E-state index contributed by atoms with van der Waals surface area (Å²) in [5.41, 5.74) is 5.09. The normalized spacial score (nSPS) is 12.8. The van der Waals surface area contributed by atoms with Crippen molar-refractivity contribution in [1.82, 2.24) is 0 Å². The van der Waals surface area contributed by atoms with Crippen LogP contribution in [0.1, 0.15) is 24.9 Å². The summed E-state index contributed by atoms with van der Waals surface area (Å²) in [5.74, 6) is 0.556. The predicted octanol–water partition coefficient (Wildman–Crippen LogP) is 3.46. The Bertz CT molecular complexity index is 326. The fourth-order valence-corrected chi connectivity index (χ4v) is 1.18. The molecule has 1 aromatic rings. The molecule has 0 heterocycles. The van der Waals surface area contributed by atoms with Crippen molar-refractivity contribution in [2.24, 2.45) is 5.73 Å². The lowest BCUT2D eigenvalue weighted by Gasteiger charge is -2.16. The van der Waals surface area contributed by atoms with Crippen LogP contribution in [-0.4, -0.2) is 12.8 Å². The molecule has 6 heteroatoms. The van der Waals surface area contributed by atoms with Gasteiger partial charge >= 0.3 is 6.18 Å². The summed E-state index contributed by atoms with van der Waals surface area (Å²) in [7, 11) is 0. The molecule has 0 saturated heterocycles. The molecule has 0 aliphatic carbocycles. The minimum absolute atomic E-state index is 0. The lowest BCUT2D eigenvalue weighted by atomic mass is 10.1. The Kier molecular flexibility index (Phi) is 6.34. The summed E-state index contributed by atoms with van der Waals surface area (Å²) >= 11 is 0. The maximum atomic E-state index is 12.3. The second-order valence-electron chi connectivity index (χ2n) is 3.44. The number of halogens is 4. The summed E-state index contributed by atoms with van der Waals surface area (Å²) in [5, 5.41) is 0. The Morgan fingerprint density at radius 2 is 1.76 bits per heavy atom. The maximum absolute atomic E-state index is 12.3. The standard InChI is InChI=1S/C11H14F3NO.ClH/c1-2-7-16-9-5-3-8(4-6-9)10(15)11(12,13)14;/h3-6,10H,2,7,15H2,1H3;1H/t10-;/m1./s1. The van der Waals surface area contributed by atoms with Crippen molar-refractivity contribution in [2.75, 3.05) is 6.61 Å². The van der Waals surface area contributed by atoms with Gasteiger partial charge in [-0.05, 0) is 24.1 Å². The molecule has 0 bridgehead atoms. The summed E-state index contributed by atoms with van der Waals surface area (Å²) in [4.78, 5) is 0. The topological polar surface area (TPSA) is 35.2 Å². The van der Waals surface area contributed by atoms with Crippen LogP contribution in [0.25, 0.3) is 0 Å². The molecule has 0 aromatic heterocycles. The van der Waals surface area contributed by atoms with E-state index in [4.69, 9.17) is 10.5 Å². The Morgan fingerprint density at radius 3 is 2.18 bits per heavy atom. The van der Waals surface area contributed by atoms with Crippen molar-refractivity contribution in [3.63, 3.8) is 0 Å². The average Bonchev–Trinajstić information content (AvgIpc) is 2.25. The van der Waals surface area contributed by atoms with Gasteiger partial charge < -0.3 is 10.5 Å². The predicted molar refractivity (Wildman–Crippen MR) is 62.5 cm³/mol. The molecule has 0 fully saturated rings. The van der Waals surface area contributed by atoms with Crippen LogP contribution in [0.15, 0.2) is 24.3 Å². The monoisotopic (exact) mass is 269 g/mol. The first-order valence-corrected chi connectivity index (χ1v) is 5.00. The van der Waals surface area contributed by atoms with Crippen molar-refractivity contribution in [2.45, 2.75) is 25.6 Å². The number of nitrogens with two attached hydrogens (primary N) is 1. The van der Waals surface area contributed by atoms with E-state index in [1.54, 1.807) is 0 Å². The number of alkyl halides is 3. The second kappa shape index (κ2) is 6.71. The Hall–Kier alpha value is -0.940. The lowest BCUT2D eigenvalue weighted by molar-refractivity contribution is -0.149. The molecule has 0 saturated carbocycles. The van der Waals surface area contributed by atoms with E-state index in [2.05, 4.69) is 0 Å². The molecule has 1 atom stereocenters. The Balaban J connectivity index is 0.00000256. The highest BCUT2D eigenvalue weighted by molar-refractivity contribution is 5.85. The molecule has 0 spiro atoms. The van der Waals surface area contributed by atoms with Crippen molar-refractivity contribution < 1.29 is 17.9 Å². The molecule has 0 unspecified atom stereocenters. The smallest absolute Gasteiger partial charge is 0.407 e. The third-order valence-corrected chi connectivity index (χ3v) is 2.06. The van der Waals surface area contributed by atoms with E-state index in [0.717, 1.165) is 6.42 Å². The van der Waals surface area contributed by atoms with Crippen molar-refractivity contribution in [3.05, 3.63) is 29.8 Å². The molecule has 0 aliphatic rings. The zero-order valence-electron chi connectivity index (χ0n) is 9.33. The third-order valence-electron chi connectivity index (χ3n) is 2.06. The number of hydrogen-bond acceptors (Lipinski definition) is 2. The molecule has 0 radical (unpaired) electrons. The quantitative estimate of drug-likeness (QED) is 0.908. The van der Waals surface area contributed by atoms with Crippen molar-refractivity contribution in [1.29, 1.82) is 0 Å². The van der Waals surface area contributed by atoms with E-state index in [1.807, 2.05) is 6.92 Å². The molecule has 2 nitrogen and oxygen atoms in total. The number of rotatable bonds is 4. The summed E-state index contributed by atoms with van der Waals surface area (Å²) in [6, 6.07) is 3.73. The van der Waals surface area contributed by atoms with Crippen LogP contribution in [0.2, 0.25) is 0 Å². The number of ether oxygens (including phenoxy) is 1. The van der Waals surface area contributed by atoms with Gasteiger partial charge in [-0.15, -0.1) is 12.4 Å². The Labute approximate surface area is 104 Å². The van der Waals surface area contributed by atoms with Crippen molar-refractivity contribution >= 4 is 12.4 Å². The van der Waals surface area contributed by atoms with Gasteiger partial charge in [0.1, 0.15) is 11.8 Å². The summed E-state index contributed by atoms with van der Waals surface area (Å²) < 4.78 is 42.1. The van der Waals surface area contributed by atoms with Gasteiger partial charge in [-0.1, -0.05) is 19.1 Å². The van der Waals surface area contributed by atoms with Gasteiger partial charge in [0.25, 0.3) is 0 Å². The first-order valence-electron chi connectivity index (χ1n) is 5.00. The highest BCUT2D eigenvalue weighted by atomic mass is 35.5. The largest absolute Gasteiger partial charge is 0.494 e. The fourth-order valence-electron chi connectivity index (χ4n) is 1.18. The van der Waals surface area contributed by atoms with Crippen molar-refractivity contribution in [3.8, 4) is 5.75 Å². The van der Waals surface area contributed by atoms with E-state index in [-0.39, 0.29) is 18.0 Å². The van der Waals surface area contributed by atoms with Gasteiger partial charge in [0.05, 0.1) is 6.61 Å². The zero-order chi connectivity index (χ0) is 12.2. The SMILES string of the molecule is CCCOc1ccc([C@@H](N)C(F)(F)F)cc1.Cl. The van der Waals surface area contributed by atoms with Gasteiger partial charge in [-0.25, -0.2) is 0 Å². The van der Waals surface area contributed by atoms with Gasteiger partial charge in [0, 0.05) is 0 Å². The number of benzene rings is 1. The van der Waals surface area contributed by atoms with Gasteiger partial charge in [0.2, 0.25) is 0 Å². The molecule has 1 rings (SSSR count). The second-order valence-corrected chi connectivity index (χ2v) is 3.44. The highest BCUT2D eigenvalue weighted by Crippen LogP contribution is 2.31. The molecular weight excluding hydrogens is 255 g/mol. The van der Waals surface area contributed by atoms with E-state index in [0.29, 0.717) is 12.4 Å². The van der Waals surface area contributed by atoms with E-state index >= 15 is 0 Å². The van der Waals surface area contributed by atoms with E-state index < -0.39 is 12.2 Å².